The van der Waals surface area contributed by atoms with E-state index in [1.165, 1.54) is 12.8 Å². The lowest BCUT2D eigenvalue weighted by Gasteiger charge is -2.23. The number of ether oxygens (including phenoxy) is 1. The van der Waals surface area contributed by atoms with Crippen LogP contribution in [-0.2, 0) is 13.2 Å². The van der Waals surface area contributed by atoms with Gasteiger partial charge in [0.05, 0.1) is 0 Å². The van der Waals surface area contributed by atoms with Crippen molar-refractivity contribution in [2.75, 3.05) is 0 Å². The van der Waals surface area contributed by atoms with Crippen LogP contribution in [0.2, 0.25) is 0 Å². The van der Waals surface area contributed by atoms with Crippen LogP contribution >= 0.6 is 0 Å². The van der Waals surface area contributed by atoms with Crippen LogP contribution in [0.1, 0.15) is 66.6 Å². The van der Waals surface area contributed by atoms with Crippen LogP contribution in [0.4, 0.5) is 4.39 Å². The molecule has 1 fully saturated rings. The first kappa shape index (κ1) is 23.0. The van der Waals surface area contributed by atoms with Gasteiger partial charge in [-0.3, -0.25) is 4.79 Å². The monoisotopic (exact) mass is 445 g/mol. The summed E-state index contributed by atoms with van der Waals surface area (Å²) >= 11 is 0. The molecule has 1 heterocycles. The first-order valence-corrected chi connectivity index (χ1v) is 12.0. The van der Waals surface area contributed by atoms with Gasteiger partial charge in [-0.05, 0) is 72.4 Å². The third-order valence-corrected chi connectivity index (χ3v) is 6.44. The van der Waals surface area contributed by atoms with Gasteiger partial charge in [-0.15, -0.1) is 0 Å². The van der Waals surface area contributed by atoms with Crippen molar-refractivity contribution in [3.8, 4) is 16.9 Å². The van der Waals surface area contributed by atoms with Crippen LogP contribution in [0, 0.1) is 12.7 Å². The minimum atomic E-state index is -0.215. The molecule has 1 saturated carbocycles. The van der Waals surface area contributed by atoms with Crippen molar-refractivity contribution in [2.45, 2.75) is 65.6 Å². The molecule has 33 heavy (non-hydrogen) atoms. The maximum absolute atomic E-state index is 14.4. The van der Waals surface area contributed by atoms with E-state index in [9.17, 15) is 9.18 Å². The van der Waals surface area contributed by atoms with Crippen molar-refractivity contribution in [3.63, 3.8) is 0 Å². The highest BCUT2D eigenvalue weighted by Crippen LogP contribution is 2.33. The number of rotatable bonds is 5. The van der Waals surface area contributed by atoms with Crippen molar-refractivity contribution in [2.24, 2.45) is 0 Å². The number of hydrogen-bond acceptors (Lipinski definition) is 2. The van der Waals surface area contributed by atoms with Crippen LogP contribution in [0.25, 0.3) is 11.1 Å². The van der Waals surface area contributed by atoms with Crippen LogP contribution in [0.5, 0.6) is 5.75 Å². The predicted octanol–water partition coefficient (Wildman–Crippen LogP) is 7.30. The summed E-state index contributed by atoms with van der Waals surface area (Å²) in [6.07, 6.45) is 4.65. The van der Waals surface area contributed by atoms with Crippen LogP contribution in [0.15, 0.2) is 60.7 Å². The Bertz CT molecular complexity index is 1130. The molecule has 3 nitrogen and oxygen atoms in total. The van der Waals surface area contributed by atoms with Gasteiger partial charge in [0.25, 0.3) is 5.91 Å². The van der Waals surface area contributed by atoms with E-state index in [1.807, 2.05) is 80.3 Å². The molecule has 4 heteroatoms. The molecule has 0 N–H and O–H groups in total. The lowest BCUT2D eigenvalue weighted by Crippen LogP contribution is -2.33. The summed E-state index contributed by atoms with van der Waals surface area (Å²) < 4.78 is 20.4. The number of benzene rings is 3. The topological polar surface area (TPSA) is 29.5 Å². The Morgan fingerprint density at radius 1 is 0.970 bits per heavy atom. The Balaban J connectivity index is 0.00000126. The molecule has 1 aliphatic carbocycles. The van der Waals surface area contributed by atoms with E-state index < -0.39 is 0 Å². The van der Waals surface area contributed by atoms with E-state index in [2.05, 4.69) is 0 Å². The largest absolute Gasteiger partial charge is 0.489 e. The zero-order chi connectivity index (χ0) is 23.4. The van der Waals surface area contributed by atoms with Gasteiger partial charge in [0, 0.05) is 23.7 Å². The molecule has 0 atom stereocenters. The second-order valence-electron chi connectivity index (χ2n) is 8.66. The average molecular weight is 446 g/mol. The fraction of sp³-hybridized carbons (Fsp3) is 0.345. The van der Waals surface area contributed by atoms with E-state index >= 15 is 0 Å². The molecule has 1 aliphatic heterocycles. The molecule has 3 aromatic carbocycles. The Labute approximate surface area is 196 Å². The molecule has 0 saturated heterocycles. The van der Waals surface area contributed by atoms with Gasteiger partial charge in [-0.1, -0.05) is 57.0 Å². The molecule has 5 rings (SSSR count). The number of carbonyl (C=O) groups is 1. The van der Waals surface area contributed by atoms with Gasteiger partial charge < -0.3 is 9.64 Å². The third kappa shape index (κ3) is 4.95. The summed E-state index contributed by atoms with van der Waals surface area (Å²) in [6, 6.07) is 19.2. The predicted molar refractivity (Wildman–Crippen MR) is 131 cm³/mol. The number of hydrogen-bond donors (Lipinski definition) is 0. The number of halogens is 1. The summed E-state index contributed by atoms with van der Waals surface area (Å²) in [6.45, 7) is 6.95. The number of fused-ring (bicyclic) bond motifs is 1. The van der Waals surface area contributed by atoms with Gasteiger partial charge in [0.1, 0.15) is 18.2 Å². The Hall–Kier alpha value is -3.14. The fourth-order valence-corrected chi connectivity index (χ4v) is 4.77. The van der Waals surface area contributed by atoms with E-state index in [0.717, 1.165) is 46.4 Å². The van der Waals surface area contributed by atoms with Crippen molar-refractivity contribution in [1.82, 2.24) is 4.90 Å². The second kappa shape index (κ2) is 10.2. The normalized spacial score (nSPS) is 15.3. The highest BCUT2D eigenvalue weighted by molar-refractivity contribution is 5.98. The van der Waals surface area contributed by atoms with E-state index in [-0.39, 0.29) is 11.7 Å². The molecule has 0 spiro atoms. The lowest BCUT2D eigenvalue weighted by atomic mass is 10.0. The van der Waals surface area contributed by atoms with Crippen molar-refractivity contribution in [1.29, 1.82) is 0 Å². The minimum Gasteiger partial charge on any atom is -0.489 e. The van der Waals surface area contributed by atoms with E-state index in [4.69, 9.17) is 4.74 Å². The van der Waals surface area contributed by atoms with Crippen LogP contribution in [-0.4, -0.2) is 16.8 Å². The molecule has 0 bridgehead atoms. The quantitative estimate of drug-likeness (QED) is 0.412. The van der Waals surface area contributed by atoms with Gasteiger partial charge in [-0.2, -0.15) is 0 Å². The molecular formula is C29H32FNO2. The SMILES string of the molecule is CC.Cc1ccc(-c2cccc(COc3ccc4c(c3)CN(C3CCCC3)C4=O)c2)c(F)c1. The first-order valence-electron chi connectivity index (χ1n) is 12.0. The highest BCUT2D eigenvalue weighted by atomic mass is 19.1. The van der Waals surface area contributed by atoms with Gasteiger partial charge >= 0.3 is 0 Å². The molecular weight excluding hydrogens is 413 g/mol. The minimum absolute atomic E-state index is 0.154. The zero-order valence-electron chi connectivity index (χ0n) is 19.7. The molecule has 172 valence electrons. The summed E-state index contributed by atoms with van der Waals surface area (Å²) in [5.41, 5.74) is 5.16. The first-order chi connectivity index (χ1) is 16.1. The van der Waals surface area contributed by atoms with Gasteiger partial charge in [0.2, 0.25) is 0 Å². The van der Waals surface area contributed by atoms with Crippen LogP contribution in [0.3, 0.4) is 0 Å². The van der Waals surface area contributed by atoms with Gasteiger partial charge in [0.15, 0.2) is 0 Å². The standard InChI is InChI=1S/C27H26FNO2.C2H6/c1-18-9-11-24(26(28)13-18)20-6-4-5-19(14-20)17-31-23-10-12-25-21(15-23)16-29(27(25)30)22-7-2-3-8-22;1-2/h4-6,9-15,22H,2-3,7-8,16-17H2,1H3;1-2H3. The Kier molecular flexibility index (Phi) is 7.12. The number of nitrogens with zero attached hydrogens (tertiary/aromatic N) is 1. The zero-order valence-corrected chi connectivity index (χ0v) is 19.7. The molecule has 1 amide bonds. The fourth-order valence-electron chi connectivity index (χ4n) is 4.77. The van der Waals surface area contributed by atoms with Crippen molar-refractivity contribution < 1.29 is 13.9 Å². The number of amides is 1. The summed E-state index contributed by atoms with van der Waals surface area (Å²) in [5.74, 6) is 0.696. The van der Waals surface area contributed by atoms with Crippen molar-refractivity contribution in [3.05, 3.63) is 88.7 Å². The average Bonchev–Trinajstić information content (AvgIpc) is 3.47. The maximum atomic E-state index is 14.4. The van der Waals surface area contributed by atoms with E-state index in [1.54, 1.807) is 6.07 Å². The van der Waals surface area contributed by atoms with E-state index in [0.29, 0.717) is 24.8 Å². The summed E-state index contributed by atoms with van der Waals surface area (Å²) in [7, 11) is 0. The highest BCUT2D eigenvalue weighted by Gasteiger charge is 2.34. The molecule has 0 radical (unpaired) electrons. The number of carbonyl (C=O) groups excluding carboxylic acids is 1. The summed E-state index contributed by atoms with van der Waals surface area (Å²) in [5, 5.41) is 0. The molecule has 0 aromatic heterocycles. The third-order valence-electron chi connectivity index (χ3n) is 6.44. The summed E-state index contributed by atoms with van der Waals surface area (Å²) in [4.78, 5) is 14.8. The lowest BCUT2D eigenvalue weighted by molar-refractivity contribution is 0.0707. The Morgan fingerprint density at radius 3 is 2.48 bits per heavy atom. The van der Waals surface area contributed by atoms with Crippen molar-refractivity contribution >= 4 is 5.91 Å². The smallest absolute Gasteiger partial charge is 0.254 e. The molecule has 3 aromatic rings. The number of aryl methyl sites for hydroxylation is 1. The Morgan fingerprint density at radius 2 is 1.73 bits per heavy atom. The maximum Gasteiger partial charge on any atom is 0.254 e. The molecule has 0 unspecified atom stereocenters. The van der Waals surface area contributed by atoms with Gasteiger partial charge in [-0.25, -0.2) is 4.39 Å². The second-order valence-corrected chi connectivity index (χ2v) is 8.66. The molecule has 2 aliphatic rings. The van der Waals surface area contributed by atoms with Crippen LogP contribution < -0.4 is 4.74 Å².